The molecule has 1 aliphatic heterocycles. The lowest BCUT2D eigenvalue weighted by Gasteiger charge is -2.21. The van der Waals surface area contributed by atoms with Crippen molar-refractivity contribution >= 4 is 49.1 Å². The van der Waals surface area contributed by atoms with Gasteiger partial charge >= 0.3 is 0 Å². The van der Waals surface area contributed by atoms with Crippen molar-refractivity contribution in [3.8, 4) is 0 Å². The highest BCUT2D eigenvalue weighted by molar-refractivity contribution is 9.10. The number of anilines is 1. The zero-order valence-corrected chi connectivity index (χ0v) is 18.1. The van der Waals surface area contributed by atoms with Crippen LogP contribution in [-0.4, -0.2) is 31.7 Å². The van der Waals surface area contributed by atoms with Crippen molar-refractivity contribution in [2.75, 3.05) is 18.4 Å². The van der Waals surface area contributed by atoms with Gasteiger partial charge in [-0.15, -0.1) is 0 Å². The van der Waals surface area contributed by atoms with Crippen LogP contribution in [0.3, 0.4) is 0 Å². The van der Waals surface area contributed by atoms with Gasteiger partial charge in [0.15, 0.2) is 0 Å². The predicted octanol–water partition coefficient (Wildman–Crippen LogP) is 5.06. The van der Waals surface area contributed by atoms with Crippen molar-refractivity contribution in [1.29, 1.82) is 0 Å². The van der Waals surface area contributed by atoms with Crippen LogP contribution in [0.4, 0.5) is 10.1 Å². The van der Waals surface area contributed by atoms with Gasteiger partial charge in [0.25, 0.3) is 5.91 Å². The zero-order chi connectivity index (χ0) is 20.3. The summed E-state index contributed by atoms with van der Waals surface area (Å²) in [6.45, 7) is 0.860. The van der Waals surface area contributed by atoms with Crippen LogP contribution in [0.2, 0.25) is 5.02 Å². The molecule has 1 saturated heterocycles. The van der Waals surface area contributed by atoms with E-state index < -0.39 is 21.7 Å². The second-order valence-corrected chi connectivity index (χ2v) is 9.77. The maximum absolute atomic E-state index is 14.0. The third kappa shape index (κ3) is 4.74. The number of halogens is 3. The number of nitrogens with zero attached hydrogens (tertiary/aromatic N) is 1. The highest BCUT2D eigenvalue weighted by atomic mass is 79.9. The molecule has 1 aliphatic rings. The van der Waals surface area contributed by atoms with E-state index in [1.54, 1.807) is 6.07 Å². The van der Waals surface area contributed by atoms with E-state index in [2.05, 4.69) is 21.2 Å². The van der Waals surface area contributed by atoms with Gasteiger partial charge in [-0.2, -0.15) is 4.31 Å². The zero-order valence-electron chi connectivity index (χ0n) is 14.9. The van der Waals surface area contributed by atoms with Crippen LogP contribution in [0.25, 0.3) is 0 Å². The van der Waals surface area contributed by atoms with Crippen molar-refractivity contribution in [3.63, 3.8) is 0 Å². The van der Waals surface area contributed by atoms with Crippen LogP contribution in [0.1, 0.15) is 36.0 Å². The molecular formula is C19H19BrClFN2O3S. The highest BCUT2D eigenvalue weighted by Gasteiger charge is 2.28. The lowest BCUT2D eigenvalue weighted by atomic mass is 10.2. The summed E-state index contributed by atoms with van der Waals surface area (Å²) in [5.74, 6) is -1.22. The minimum absolute atomic E-state index is 0.0000697. The van der Waals surface area contributed by atoms with Crippen molar-refractivity contribution in [3.05, 3.63) is 57.3 Å². The third-order valence-electron chi connectivity index (χ3n) is 4.56. The fourth-order valence-corrected chi connectivity index (χ4v) is 5.40. The summed E-state index contributed by atoms with van der Waals surface area (Å²) in [5, 5.41) is 2.51. The lowest BCUT2D eigenvalue weighted by Crippen LogP contribution is -2.32. The number of sulfonamides is 1. The molecule has 150 valence electrons. The molecule has 0 aliphatic carbocycles. The molecule has 9 heteroatoms. The molecule has 1 amide bonds. The van der Waals surface area contributed by atoms with Gasteiger partial charge < -0.3 is 5.32 Å². The van der Waals surface area contributed by atoms with E-state index in [-0.39, 0.29) is 21.2 Å². The van der Waals surface area contributed by atoms with Crippen molar-refractivity contribution in [2.45, 2.75) is 30.6 Å². The molecule has 0 radical (unpaired) electrons. The number of carbonyl (C=O) groups is 1. The van der Waals surface area contributed by atoms with Gasteiger partial charge in [-0.25, -0.2) is 12.8 Å². The van der Waals surface area contributed by atoms with Gasteiger partial charge in [0.2, 0.25) is 10.0 Å². The van der Waals surface area contributed by atoms with Crippen LogP contribution in [0.15, 0.2) is 45.8 Å². The number of amides is 1. The molecule has 2 aromatic carbocycles. The molecule has 1 heterocycles. The van der Waals surface area contributed by atoms with Crippen molar-refractivity contribution in [1.82, 2.24) is 4.31 Å². The molecule has 1 N–H and O–H groups in total. The summed E-state index contributed by atoms with van der Waals surface area (Å²) < 4.78 is 42.0. The monoisotopic (exact) mass is 488 g/mol. The van der Waals surface area contributed by atoms with Gasteiger partial charge in [-0.1, -0.05) is 40.4 Å². The second-order valence-electron chi connectivity index (χ2n) is 6.54. The Hall–Kier alpha value is -1.48. The first-order chi connectivity index (χ1) is 13.3. The second kappa shape index (κ2) is 8.90. The molecule has 0 unspecified atom stereocenters. The molecule has 2 aromatic rings. The normalized spacial score (nSPS) is 15.8. The van der Waals surface area contributed by atoms with Gasteiger partial charge in [0.05, 0.1) is 10.7 Å². The Bertz CT molecular complexity index is 993. The van der Waals surface area contributed by atoms with Gasteiger partial charge in [-0.3, -0.25) is 4.79 Å². The summed E-state index contributed by atoms with van der Waals surface area (Å²) >= 11 is 9.30. The van der Waals surface area contributed by atoms with E-state index in [0.717, 1.165) is 25.7 Å². The Morgan fingerprint density at radius 1 is 1.07 bits per heavy atom. The molecule has 0 spiro atoms. The predicted molar refractivity (Wildman–Crippen MR) is 111 cm³/mol. The third-order valence-corrected chi connectivity index (χ3v) is 7.43. The summed E-state index contributed by atoms with van der Waals surface area (Å²) in [5.41, 5.74) is 0.0835. The first kappa shape index (κ1) is 21.2. The van der Waals surface area contributed by atoms with E-state index in [0.29, 0.717) is 17.6 Å². The number of hydrogen-bond donors (Lipinski definition) is 1. The Morgan fingerprint density at radius 2 is 1.75 bits per heavy atom. The van der Waals surface area contributed by atoms with Crippen LogP contribution in [-0.2, 0) is 10.0 Å². The Balaban J connectivity index is 1.89. The maximum Gasteiger partial charge on any atom is 0.255 e. The quantitative estimate of drug-likeness (QED) is 0.653. The Labute approximate surface area is 177 Å². The maximum atomic E-state index is 14.0. The summed E-state index contributed by atoms with van der Waals surface area (Å²) in [4.78, 5) is 12.4. The van der Waals surface area contributed by atoms with Gasteiger partial charge in [0.1, 0.15) is 10.7 Å². The Morgan fingerprint density at radius 3 is 2.39 bits per heavy atom. The molecule has 28 heavy (non-hydrogen) atoms. The number of nitrogens with one attached hydrogen (secondary N) is 1. The average Bonchev–Trinajstić information content (AvgIpc) is 2.94. The summed E-state index contributed by atoms with van der Waals surface area (Å²) in [6.07, 6.45) is 3.56. The van der Waals surface area contributed by atoms with Gasteiger partial charge in [-0.05, 0) is 49.2 Å². The SMILES string of the molecule is O=C(Nc1ccc(Br)cc1F)c1ccc(Cl)c(S(=O)(=O)N2CCCCCC2)c1. The largest absolute Gasteiger partial charge is 0.319 e. The fourth-order valence-electron chi connectivity index (χ4n) is 3.05. The smallest absolute Gasteiger partial charge is 0.255 e. The van der Waals surface area contributed by atoms with Gasteiger partial charge in [0, 0.05) is 23.1 Å². The standard InChI is InChI=1S/C19H19BrClFN2O3S/c20-14-6-8-17(16(22)12-14)23-19(25)13-5-7-15(21)18(11-13)28(26,27)24-9-3-1-2-4-10-24/h5-8,11-12H,1-4,9-10H2,(H,23,25). The van der Waals surface area contributed by atoms with E-state index in [9.17, 15) is 17.6 Å². The molecule has 3 rings (SSSR count). The molecule has 0 aromatic heterocycles. The van der Waals surface area contributed by atoms with Crippen LogP contribution >= 0.6 is 27.5 Å². The van der Waals surface area contributed by atoms with E-state index >= 15 is 0 Å². The molecule has 5 nitrogen and oxygen atoms in total. The molecular weight excluding hydrogens is 471 g/mol. The van der Waals surface area contributed by atoms with E-state index in [4.69, 9.17) is 11.6 Å². The number of rotatable bonds is 4. The first-order valence-electron chi connectivity index (χ1n) is 8.85. The minimum atomic E-state index is -3.82. The number of hydrogen-bond acceptors (Lipinski definition) is 3. The highest BCUT2D eigenvalue weighted by Crippen LogP contribution is 2.28. The fraction of sp³-hybridized carbons (Fsp3) is 0.316. The molecule has 0 bridgehead atoms. The lowest BCUT2D eigenvalue weighted by molar-refractivity contribution is 0.102. The number of benzene rings is 2. The van der Waals surface area contributed by atoms with Crippen LogP contribution in [0, 0.1) is 5.82 Å². The molecule has 1 fully saturated rings. The molecule has 0 saturated carbocycles. The van der Waals surface area contributed by atoms with Crippen LogP contribution < -0.4 is 5.32 Å². The molecule has 0 atom stereocenters. The topological polar surface area (TPSA) is 66.5 Å². The van der Waals surface area contributed by atoms with Crippen molar-refractivity contribution < 1.29 is 17.6 Å². The summed E-state index contributed by atoms with van der Waals surface area (Å²) in [6, 6.07) is 8.27. The van der Waals surface area contributed by atoms with Crippen LogP contribution in [0.5, 0.6) is 0 Å². The average molecular weight is 490 g/mol. The van der Waals surface area contributed by atoms with E-state index in [1.807, 2.05) is 0 Å². The summed E-state index contributed by atoms with van der Waals surface area (Å²) in [7, 11) is -3.82. The first-order valence-corrected chi connectivity index (χ1v) is 11.5. The minimum Gasteiger partial charge on any atom is -0.319 e. The van der Waals surface area contributed by atoms with E-state index in [1.165, 1.54) is 34.6 Å². The number of carbonyl (C=O) groups excluding carboxylic acids is 1. The Kier molecular flexibility index (Phi) is 6.75. The van der Waals surface area contributed by atoms with Crippen molar-refractivity contribution in [2.24, 2.45) is 0 Å².